The van der Waals surface area contributed by atoms with E-state index in [2.05, 4.69) is 24.1 Å². The monoisotopic (exact) mass is 300 g/mol. The lowest BCUT2D eigenvalue weighted by molar-refractivity contribution is 0.0848. The third-order valence-corrected chi connectivity index (χ3v) is 4.36. The lowest BCUT2D eigenvalue weighted by atomic mass is 9.73. The third-order valence-electron chi connectivity index (χ3n) is 3.84. The number of hydrogen-bond acceptors (Lipinski definition) is 2. The second kappa shape index (κ2) is 5.68. The van der Waals surface area contributed by atoms with Gasteiger partial charge in [0.2, 0.25) is 0 Å². The Kier molecular flexibility index (Phi) is 4.36. The van der Waals surface area contributed by atoms with Crippen molar-refractivity contribution in [3.8, 4) is 0 Å². The molecule has 1 atom stereocenters. The Morgan fingerprint density at radius 3 is 2.79 bits per heavy atom. The second-order valence-corrected chi connectivity index (χ2v) is 6.52. The number of nitrogens with zero attached hydrogens (tertiary/aromatic N) is 1. The smallest absolute Gasteiger partial charge is 0.271 e. The molecule has 104 valence electrons. The molecule has 1 aromatic heterocycles. The van der Waals surface area contributed by atoms with E-state index in [1.165, 1.54) is 6.42 Å². The number of carbonyl (C=O) groups excluding carboxylic acids is 1. The third kappa shape index (κ3) is 3.40. The molecular weight excluding hydrogens is 283 g/mol. The van der Waals surface area contributed by atoms with Crippen LogP contribution in [0.1, 0.15) is 50.0 Å². The van der Waals surface area contributed by atoms with E-state index in [4.69, 9.17) is 23.2 Å². The van der Waals surface area contributed by atoms with Crippen LogP contribution in [-0.2, 0) is 0 Å². The molecule has 1 saturated carbocycles. The lowest BCUT2D eigenvalue weighted by Crippen LogP contribution is -2.47. The van der Waals surface area contributed by atoms with Gasteiger partial charge in [-0.2, -0.15) is 0 Å². The molecule has 5 heteroatoms. The summed E-state index contributed by atoms with van der Waals surface area (Å²) in [4.78, 5) is 16.3. The molecule has 3 nitrogen and oxygen atoms in total. The molecular formula is C14H18Cl2N2O. The summed E-state index contributed by atoms with van der Waals surface area (Å²) in [5.41, 5.74) is 0.314. The predicted octanol–water partition coefficient (Wildman–Crippen LogP) is 4.09. The van der Waals surface area contributed by atoms with Crippen LogP contribution >= 0.6 is 23.2 Å². The van der Waals surface area contributed by atoms with Gasteiger partial charge in [0, 0.05) is 6.04 Å². The fourth-order valence-electron chi connectivity index (χ4n) is 2.57. The minimum Gasteiger partial charge on any atom is -0.347 e. The van der Waals surface area contributed by atoms with Gasteiger partial charge in [0.1, 0.15) is 10.8 Å². The number of rotatable bonds is 2. The Bertz CT molecular complexity index is 488. The Morgan fingerprint density at radius 2 is 2.11 bits per heavy atom. The van der Waals surface area contributed by atoms with Gasteiger partial charge in [-0.05, 0) is 30.4 Å². The van der Waals surface area contributed by atoms with Crippen molar-refractivity contribution in [1.82, 2.24) is 10.3 Å². The van der Waals surface area contributed by atoms with E-state index in [-0.39, 0.29) is 28.2 Å². The average molecular weight is 301 g/mol. The van der Waals surface area contributed by atoms with Crippen molar-refractivity contribution in [2.75, 3.05) is 0 Å². The second-order valence-electron chi connectivity index (χ2n) is 5.72. The first-order valence-corrected chi connectivity index (χ1v) is 7.29. The fraction of sp³-hybridized carbons (Fsp3) is 0.571. The summed E-state index contributed by atoms with van der Waals surface area (Å²) in [7, 11) is 0. The molecule has 1 unspecified atom stereocenters. The number of nitrogens with one attached hydrogen (secondary N) is 1. The van der Waals surface area contributed by atoms with Gasteiger partial charge < -0.3 is 5.32 Å². The van der Waals surface area contributed by atoms with Crippen molar-refractivity contribution in [3.63, 3.8) is 0 Å². The number of halogens is 2. The number of amides is 1. The summed E-state index contributed by atoms with van der Waals surface area (Å²) in [6, 6.07) is 3.33. The molecule has 0 radical (unpaired) electrons. The molecule has 1 aliphatic rings. The molecule has 1 heterocycles. The van der Waals surface area contributed by atoms with E-state index in [0.717, 1.165) is 19.3 Å². The van der Waals surface area contributed by atoms with Crippen LogP contribution in [0.2, 0.25) is 10.2 Å². The number of carbonyl (C=O) groups is 1. The van der Waals surface area contributed by atoms with Crippen LogP contribution in [0.4, 0.5) is 0 Å². The standard InChI is InChI=1S/C14H18Cl2N2O/c1-14(2)8-4-3-5-10(14)17-13(19)12-9(15)6-7-11(16)18-12/h6-7,10H,3-5,8H2,1-2H3,(H,17,19). The highest BCUT2D eigenvalue weighted by Crippen LogP contribution is 2.35. The molecule has 1 N–H and O–H groups in total. The van der Waals surface area contributed by atoms with Gasteiger partial charge in [0.05, 0.1) is 5.02 Å². The maximum Gasteiger partial charge on any atom is 0.271 e. The van der Waals surface area contributed by atoms with Gasteiger partial charge >= 0.3 is 0 Å². The molecule has 2 rings (SSSR count). The first-order valence-electron chi connectivity index (χ1n) is 6.53. The summed E-state index contributed by atoms with van der Waals surface area (Å²) in [5.74, 6) is -0.243. The van der Waals surface area contributed by atoms with Crippen molar-refractivity contribution in [2.24, 2.45) is 5.41 Å². The molecule has 0 saturated heterocycles. The Balaban J connectivity index is 2.14. The van der Waals surface area contributed by atoms with Crippen LogP contribution in [0.15, 0.2) is 12.1 Å². The van der Waals surface area contributed by atoms with Crippen molar-refractivity contribution >= 4 is 29.1 Å². The molecule has 19 heavy (non-hydrogen) atoms. The van der Waals surface area contributed by atoms with E-state index in [1.54, 1.807) is 12.1 Å². The summed E-state index contributed by atoms with van der Waals surface area (Å²) in [6.07, 6.45) is 4.48. The zero-order valence-electron chi connectivity index (χ0n) is 11.2. The summed E-state index contributed by atoms with van der Waals surface area (Å²) < 4.78 is 0. The van der Waals surface area contributed by atoms with Gasteiger partial charge in [-0.25, -0.2) is 4.98 Å². The largest absolute Gasteiger partial charge is 0.347 e. The molecule has 0 bridgehead atoms. The first kappa shape index (κ1) is 14.6. The number of hydrogen-bond donors (Lipinski definition) is 1. The maximum atomic E-state index is 12.3. The predicted molar refractivity (Wildman–Crippen MR) is 77.8 cm³/mol. The Labute approximate surface area is 123 Å². The van der Waals surface area contributed by atoms with Crippen LogP contribution in [0, 0.1) is 5.41 Å². The highest BCUT2D eigenvalue weighted by Gasteiger charge is 2.33. The average Bonchev–Trinajstić information content (AvgIpc) is 2.34. The normalized spacial score (nSPS) is 22.0. The van der Waals surface area contributed by atoms with Crippen LogP contribution < -0.4 is 5.32 Å². The van der Waals surface area contributed by atoms with Gasteiger partial charge in [-0.15, -0.1) is 0 Å². The van der Waals surface area contributed by atoms with Gasteiger partial charge in [0.25, 0.3) is 5.91 Å². The van der Waals surface area contributed by atoms with E-state index in [1.807, 2.05) is 0 Å². The summed E-state index contributed by atoms with van der Waals surface area (Å²) in [5, 5.41) is 3.65. The van der Waals surface area contributed by atoms with Crippen molar-refractivity contribution in [1.29, 1.82) is 0 Å². The maximum absolute atomic E-state index is 12.3. The summed E-state index contributed by atoms with van der Waals surface area (Å²) in [6.45, 7) is 4.37. The molecule has 1 fully saturated rings. The molecule has 1 aliphatic carbocycles. The van der Waals surface area contributed by atoms with Crippen LogP contribution in [0.5, 0.6) is 0 Å². The lowest BCUT2D eigenvalue weighted by Gasteiger charge is -2.39. The van der Waals surface area contributed by atoms with Crippen LogP contribution in [0.3, 0.4) is 0 Å². The minimum absolute atomic E-state index is 0.110. The quantitative estimate of drug-likeness (QED) is 0.836. The molecule has 1 amide bonds. The molecule has 0 aromatic carbocycles. The van der Waals surface area contributed by atoms with Crippen LogP contribution in [0.25, 0.3) is 0 Å². The molecule has 0 aliphatic heterocycles. The van der Waals surface area contributed by atoms with E-state index >= 15 is 0 Å². The van der Waals surface area contributed by atoms with Gasteiger partial charge in [0.15, 0.2) is 0 Å². The molecule has 0 spiro atoms. The highest BCUT2D eigenvalue weighted by molar-refractivity contribution is 6.34. The summed E-state index contributed by atoms with van der Waals surface area (Å²) >= 11 is 11.8. The van der Waals surface area contributed by atoms with E-state index < -0.39 is 0 Å². The van der Waals surface area contributed by atoms with Crippen molar-refractivity contribution < 1.29 is 4.79 Å². The topological polar surface area (TPSA) is 42.0 Å². The number of pyridine rings is 1. The SMILES string of the molecule is CC1(C)CCCCC1NC(=O)c1nc(Cl)ccc1Cl. The van der Waals surface area contributed by atoms with Gasteiger partial charge in [-0.1, -0.05) is 49.9 Å². The minimum atomic E-state index is -0.243. The van der Waals surface area contributed by atoms with Gasteiger partial charge in [-0.3, -0.25) is 4.79 Å². The fourth-order valence-corrected chi connectivity index (χ4v) is 2.90. The Morgan fingerprint density at radius 1 is 1.37 bits per heavy atom. The van der Waals surface area contributed by atoms with Crippen LogP contribution in [-0.4, -0.2) is 16.9 Å². The first-order chi connectivity index (χ1) is 8.90. The van der Waals surface area contributed by atoms with E-state index in [0.29, 0.717) is 5.02 Å². The van der Waals surface area contributed by atoms with E-state index in [9.17, 15) is 4.79 Å². The highest BCUT2D eigenvalue weighted by atomic mass is 35.5. The molecule has 1 aromatic rings. The zero-order chi connectivity index (χ0) is 14.0. The van der Waals surface area contributed by atoms with Crippen molar-refractivity contribution in [3.05, 3.63) is 28.0 Å². The Hall–Kier alpha value is -0.800. The zero-order valence-corrected chi connectivity index (χ0v) is 12.7. The van der Waals surface area contributed by atoms with Crippen molar-refractivity contribution in [2.45, 2.75) is 45.6 Å². The number of aromatic nitrogens is 1.